The van der Waals surface area contributed by atoms with Crippen LogP contribution in [0.25, 0.3) is 0 Å². The first-order valence-corrected chi connectivity index (χ1v) is 17.8. The van der Waals surface area contributed by atoms with E-state index in [9.17, 15) is 0 Å². The molecule has 0 saturated carbocycles. The molecule has 0 aliphatic carbocycles. The Morgan fingerprint density at radius 2 is 1.15 bits per heavy atom. The van der Waals surface area contributed by atoms with Gasteiger partial charge in [0, 0.05) is 18.8 Å². The van der Waals surface area contributed by atoms with Gasteiger partial charge in [-0.3, -0.25) is 4.90 Å². The zero-order valence-electron chi connectivity index (χ0n) is 27.4. The maximum absolute atomic E-state index is 4.73. The average molecular weight is 637 g/mol. The summed E-state index contributed by atoms with van der Waals surface area (Å²) in [5, 5.41) is 7.65. The van der Waals surface area contributed by atoms with E-state index in [1.807, 2.05) is 0 Å². The molecule has 2 N–H and O–H groups in total. The van der Waals surface area contributed by atoms with Crippen molar-refractivity contribution in [3.8, 4) is 0 Å². The molecule has 0 amide bonds. The summed E-state index contributed by atoms with van der Waals surface area (Å²) in [4.78, 5) is 2.38. The number of nitrogens with one attached hydrogen (secondary N) is 2. The van der Waals surface area contributed by atoms with E-state index in [0.29, 0.717) is 48.4 Å². The Kier molecular flexibility index (Phi) is 16.6. The van der Waals surface area contributed by atoms with Crippen LogP contribution in [0.5, 0.6) is 0 Å². The van der Waals surface area contributed by atoms with Crippen LogP contribution in [-0.2, 0) is 12.9 Å². The molecule has 230 valence electrons. The third-order valence-electron chi connectivity index (χ3n) is 7.42. The van der Waals surface area contributed by atoms with E-state index in [1.165, 1.54) is 44.8 Å². The molecule has 0 aliphatic heterocycles. The molecule has 0 atom stereocenters. The summed E-state index contributed by atoms with van der Waals surface area (Å²) in [7, 11) is 11.7. The summed E-state index contributed by atoms with van der Waals surface area (Å²) in [5.41, 5.74) is 11.0. The number of likely N-dealkylation sites (N-methyl/N-ethyl adjacent to an activating group) is 1. The van der Waals surface area contributed by atoms with Gasteiger partial charge in [-0.2, -0.15) is 17.7 Å². The van der Waals surface area contributed by atoms with E-state index in [0.717, 1.165) is 19.8 Å². The van der Waals surface area contributed by atoms with E-state index in [-0.39, 0.29) is 0 Å². The number of rotatable bonds is 13. The van der Waals surface area contributed by atoms with Crippen LogP contribution in [0.15, 0.2) is 18.2 Å². The van der Waals surface area contributed by atoms with Gasteiger partial charge in [0.25, 0.3) is 0 Å². The zero-order valence-corrected chi connectivity index (χ0v) is 29.9. The molecule has 0 fully saturated rings. The van der Waals surface area contributed by atoms with Crippen LogP contribution in [0, 0.1) is 6.07 Å². The third-order valence-corrected chi connectivity index (χ3v) is 7.42. The first-order valence-electron chi connectivity index (χ1n) is 14.9. The van der Waals surface area contributed by atoms with E-state index in [4.69, 9.17) is 20.3 Å². The fourth-order valence-corrected chi connectivity index (χ4v) is 4.87. The van der Waals surface area contributed by atoms with Gasteiger partial charge in [0.1, 0.15) is 0 Å². The molecule has 40 heavy (non-hydrogen) atoms. The molecule has 0 aromatic heterocycles. The third kappa shape index (κ3) is 11.1. The summed E-state index contributed by atoms with van der Waals surface area (Å²) in [6.07, 6.45) is 0. The predicted molar refractivity (Wildman–Crippen MR) is 178 cm³/mol. The number of halogens is 2. The van der Waals surface area contributed by atoms with E-state index in [1.54, 1.807) is 0 Å². The quantitative estimate of drug-likeness (QED) is 0.169. The Balaban J connectivity index is 0.00000254. The van der Waals surface area contributed by atoms with Crippen molar-refractivity contribution in [3.63, 3.8) is 0 Å². The van der Waals surface area contributed by atoms with Gasteiger partial charge in [0.2, 0.25) is 0 Å². The Hall–Kier alpha value is -0.914. The van der Waals surface area contributed by atoms with Gasteiger partial charge in [-0.1, -0.05) is 101 Å². The van der Waals surface area contributed by atoms with Crippen LogP contribution in [0.4, 0.5) is 11.4 Å². The van der Waals surface area contributed by atoms with E-state index >= 15 is 0 Å². The van der Waals surface area contributed by atoms with E-state index in [2.05, 4.69) is 130 Å². The second-order valence-electron chi connectivity index (χ2n) is 12.9. The average Bonchev–Trinajstić information content (AvgIpc) is 2.86. The first-order chi connectivity index (χ1) is 18.7. The summed E-state index contributed by atoms with van der Waals surface area (Å²) in [6.45, 7) is 30.2. The van der Waals surface area contributed by atoms with E-state index < -0.39 is 0 Å². The monoisotopic (exact) mass is 635 g/mol. The van der Waals surface area contributed by atoms with Crippen LogP contribution in [0.3, 0.4) is 0 Å². The van der Waals surface area contributed by atoms with Crippen molar-refractivity contribution in [1.82, 2.24) is 4.90 Å². The Morgan fingerprint density at radius 3 is 1.55 bits per heavy atom. The SMILES string of the molecule is CC(C)c1[c-]c(C(C)C)c(NCN(C)CCNc2c(C(C)C)cc(C(C)C)cc2C(C)C)c(C(C)C)c1.[Cl][Co+][Cl]. The number of hydrogen-bond donors (Lipinski definition) is 2. The van der Waals surface area contributed by atoms with Crippen LogP contribution >= 0.6 is 20.3 Å². The Morgan fingerprint density at radius 1 is 0.675 bits per heavy atom. The van der Waals surface area contributed by atoms with Crippen molar-refractivity contribution in [1.29, 1.82) is 0 Å². The predicted octanol–water partition coefficient (Wildman–Crippen LogP) is 11.0. The second kappa shape index (κ2) is 17.9. The number of anilines is 2. The summed E-state index contributed by atoms with van der Waals surface area (Å²) in [6, 6.07) is 11.0. The van der Waals surface area contributed by atoms with Gasteiger partial charge in [0.15, 0.2) is 0 Å². The van der Waals surface area contributed by atoms with Gasteiger partial charge >= 0.3 is 33.2 Å². The van der Waals surface area contributed by atoms with Crippen LogP contribution in [0.1, 0.15) is 152 Å². The first kappa shape index (κ1) is 37.1. The molecule has 2 rings (SSSR count). The molecule has 0 radical (unpaired) electrons. The molecule has 0 unspecified atom stereocenters. The topological polar surface area (TPSA) is 27.3 Å². The van der Waals surface area contributed by atoms with Crippen molar-refractivity contribution >= 4 is 31.7 Å². The fraction of sp³-hybridized carbons (Fsp3) is 0.647. The minimum absolute atomic E-state index is 0.382. The Bertz CT molecular complexity index is 974. The van der Waals surface area contributed by atoms with Gasteiger partial charge in [0.05, 0.1) is 6.67 Å². The van der Waals surface area contributed by atoms with Crippen molar-refractivity contribution in [2.24, 2.45) is 0 Å². The normalized spacial score (nSPS) is 11.9. The number of benzene rings is 2. The number of hydrogen-bond acceptors (Lipinski definition) is 3. The molecule has 2 aromatic carbocycles. The van der Waals surface area contributed by atoms with Crippen molar-refractivity contribution in [2.45, 2.75) is 119 Å². The summed E-state index contributed by atoms with van der Waals surface area (Å²) >= 11 is 0.382. The molecule has 0 spiro atoms. The maximum atomic E-state index is 4.73. The van der Waals surface area contributed by atoms with Gasteiger partial charge < -0.3 is 10.6 Å². The molecule has 6 heteroatoms. The molecule has 0 saturated heterocycles. The van der Waals surface area contributed by atoms with Crippen LogP contribution < -0.4 is 10.6 Å². The molecule has 2 aromatic rings. The molecular formula is C34H56Cl2CoN3. The molecule has 0 aliphatic rings. The van der Waals surface area contributed by atoms with Crippen molar-refractivity contribution in [2.75, 3.05) is 37.4 Å². The summed E-state index contributed by atoms with van der Waals surface area (Å²) in [5.74, 6) is 2.91. The van der Waals surface area contributed by atoms with Crippen molar-refractivity contribution in [3.05, 3.63) is 57.6 Å². The number of nitrogens with zero attached hydrogens (tertiary/aromatic N) is 1. The minimum atomic E-state index is 0.382. The molecule has 3 nitrogen and oxygen atoms in total. The zero-order chi connectivity index (χ0) is 30.7. The molecular weight excluding hydrogens is 580 g/mol. The van der Waals surface area contributed by atoms with Crippen LogP contribution in [0.2, 0.25) is 0 Å². The van der Waals surface area contributed by atoms with Crippen LogP contribution in [-0.4, -0.2) is 31.7 Å². The molecule has 0 heterocycles. The molecule has 0 bridgehead atoms. The Labute approximate surface area is 262 Å². The fourth-order valence-electron chi connectivity index (χ4n) is 4.87. The summed E-state index contributed by atoms with van der Waals surface area (Å²) < 4.78 is 0. The van der Waals surface area contributed by atoms with Gasteiger partial charge in [-0.25, -0.2) is 0 Å². The van der Waals surface area contributed by atoms with Gasteiger partial charge in [-0.05, 0) is 59.2 Å². The van der Waals surface area contributed by atoms with Crippen molar-refractivity contribution < 1.29 is 12.9 Å². The second-order valence-corrected chi connectivity index (χ2v) is 14.6. The standard InChI is InChI=1S/C34H56N3.2ClH.Co/c1-21(2)27-16-29(23(5)6)33(30(17-27)24(7)8)35-14-15-37(13)20-36-34-31(25(9)10)18-28(22(3)4)19-32(34)26(11)12;;;/h16-18,21-26,35-36H,14-15,20H2,1-13H3;2*1H;/q-1;;;+3/p-2. The van der Waals surface area contributed by atoms with Gasteiger partial charge in [-0.15, -0.1) is 11.1 Å².